The number of nitrogens with two attached hydrogens (primary N) is 1. The second-order valence-corrected chi connectivity index (χ2v) is 5.26. The van der Waals surface area contributed by atoms with Gasteiger partial charge in [-0.3, -0.25) is 4.79 Å². The Hall–Kier alpha value is -1.81. The number of amides is 1. The number of hydrogen-bond acceptors (Lipinski definition) is 2. The first kappa shape index (κ1) is 13.6. The topological polar surface area (TPSA) is 55.1 Å². The van der Waals surface area contributed by atoms with E-state index in [1.54, 1.807) is 12.1 Å². The number of carbonyl (C=O) groups is 1. The zero-order valence-electron chi connectivity index (χ0n) is 10.6. The molecule has 2 rings (SSSR count). The van der Waals surface area contributed by atoms with Crippen LogP contribution in [0.5, 0.6) is 0 Å². The van der Waals surface area contributed by atoms with Crippen LogP contribution in [0.1, 0.15) is 21.5 Å². The molecule has 0 unspecified atom stereocenters. The van der Waals surface area contributed by atoms with E-state index in [4.69, 9.17) is 5.73 Å². The molecular weight excluding hydrogens is 304 g/mol. The summed E-state index contributed by atoms with van der Waals surface area (Å²) in [6.07, 6.45) is 0. The second kappa shape index (κ2) is 5.89. The normalized spacial score (nSPS) is 10.2. The third kappa shape index (κ3) is 3.58. The lowest BCUT2D eigenvalue weighted by Gasteiger charge is -2.10. The van der Waals surface area contributed by atoms with Crippen LogP contribution in [0.3, 0.4) is 0 Å². The second-order valence-electron chi connectivity index (χ2n) is 4.40. The first-order valence-electron chi connectivity index (χ1n) is 5.95. The minimum absolute atomic E-state index is 0.404. The Morgan fingerprint density at radius 3 is 2.74 bits per heavy atom. The van der Waals surface area contributed by atoms with Gasteiger partial charge < -0.3 is 11.1 Å². The van der Waals surface area contributed by atoms with Crippen LogP contribution in [-0.2, 0) is 6.54 Å². The molecular formula is C15H15BrN2O. The fourth-order valence-corrected chi connectivity index (χ4v) is 2.43. The molecule has 2 aromatic rings. The maximum atomic E-state index is 11.1. The maximum Gasteiger partial charge on any atom is 0.248 e. The monoisotopic (exact) mass is 318 g/mol. The van der Waals surface area contributed by atoms with E-state index in [0.717, 1.165) is 15.7 Å². The number of hydrogen-bond donors (Lipinski definition) is 2. The maximum absolute atomic E-state index is 11.1. The van der Waals surface area contributed by atoms with Crippen molar-refractivity contribution in [1.29, 1.82) is 0 Å². The summed E-state index contributed by atoms with van der Waals surface area (Å²) in [5.74, 6) is -0.404. The molecule has 0 radical (unpaired) electrons. The minimum atomic E-state index is -0.404. The van der Waals surface area contributed by atoms with E-state index in [9.17, 15) is 4.79 Å². The minimum Gasteiger partial charge on any atom is -0.380 e. The molecule has 3 N–H and O–H groups in total. The van der Waals surface area contributed by atoms with Gasteiger partial charge in [0.1, 0.15) is 0 Å². The summed E-state index contributed by atoms with van der Waals surface area (Å²) in [5, 5.41) is 3.32. The van der Waals surface area contributed by atoms with Crippen molar-refractivity contribution in [3.05, 3.63) is 63.6 Å². The molecule has 0 bridgehead atoms. The lowest BCUT2D eigenvalue weighted by molar-refractivity contribution is 0.1000. The lowest BCUT2D eigenvalue weighted by Crippen LogP contribution is -2.11. The van der Waals surface area contributed by atoms with E-state index in [2.05, 4.69) is 27.3 Å². The van der Waals surface area contributed by atoms with Gasteiger partial charge in [-0.05, 0) is 58.2 Å². The van der Waals surface area contributed by atoms with Gasteiger partial charge >= 0.3 is 0 Å². The first-order chi connectivity index (χ1) is 9.06. The van der Waals surface area contributed by atoms with E-state index in [1.807, 2.05) is 31.2 Å². The van der Waals surface area contributed by atoms with Crippen molar-refractivity contribution in [2.75, 3.05) is 5.32 Å². The molecule has 19 heavy (non-hydrogen) atoms. The molecule has 4 heteroatoms. The Morgan fingerprint density at radius 2 is 2.05 bits per heavy atom. The summed E-state index contributed by atoms with van der Waals surface area (Å²) < 4.78 is 1.03. The van der Waals surface area contributed by atoms with Crippen molar-refractivity contribution in [2.24, 2.45) is 5.73 Å². The quantitative estimate of drug-likeness (QED) is 0.906. The van der Waals surface area contributed by atoms with Crippen LogP contribution in [0.25, 0.3) is 0 Å². The SMILES string of the molecule is Cc1ccc(NCc2cccc(C(N)=O)c2)c(Br)c1. The van der Waals surface area contributed by atoms with Crippen molar-refractivity contribution in [3.63, 3.8) is 0 Å². The molecule has 1 amide bonds. The van der Waals surface area contributed by atoms with Crippen molar-refractivity contribution < 1.29 is 4.79 Å². The number of anilines is 1. The molecule has 0 spiro atoms. The molecule has 0 aliphatic heterocycles. The highest BCUT2D eigenvalue weighted by Gasteiger charge is 2.03. The van der Waals surface area contributed by atoms with E-state index in [-0.39, 0.29) is 0 Å². The van der Waals surface area contributed by atoms with Crippen LogP contribution in [-0.4, -0.2) is 5.91 Å². The number of benzene rings is 2. The highest BCUT2D eigenvalue weighted by molar-refractivity contribution is 9.10. The summed E-state index contributed by atoms with van der Waals surface area (Å²) in [6, 6.07) is 13.4. The zero-order valence-corrected chi connectivity index (χ0v) is 12.2. The summed E-state index contributed by atoms with van der Waals surface area (Å²) in [5.41, 5.74) is 9.04. The number of carbonyl (C=O) groups excluding carboxylic acids is 1. The van der Waals surface area contributed by atoms with Crippen molar-refractivity contribution in [3.8, 4) is 0 Å². The number of halogens is 1. The van der Waals surface area contributed by atoms with Crippen LogP contribution < -0.4 is 11.1 Å². The molecule has 2 aromatic carbocycles. The Balaban J connectivity index is 2.10. The highest BCUT2D eigenvalue weighted by atomic mass is 79.9. The number of rotatable bonds is 4. The number of nitrogens with one attached hydrogen (secondary N) is 1. The third-order valence-electron chi connectivity index (χ3n) is 2.82. The largest absolute Gasteiger partial charge is 0.380 e. The Labute approximate surface area is 121 Å². The van der Waals surface area contributed by atoms with Gasteiger partial charge in [0.25, 0.3) is 0 Å². The fraction of sp³-hybridized carbons (Fsp3) is 0.133. The summed E-state index contributed by atoms with van der Waals surface area (Å²) in [7, 11) is 0. The smallest absolute Gasteiger partial charge is 0.248 e. The number of primary amides is 1. The van der Waals surface area contributed by atoms with Crippen LogP contribution >= 0.6 is 15.9 Å². The molecule has 0 aromatic heterocycles. The average molecular weight is 319 g/mol. The molecule has 0 heterocycles. The molecule has 0 aliphatic carbocycles. The average Bonchev–Trinajstić information content (AvgIpc) is 2.38. The standard InChI is InChI=1S/C15H15BrN2O/c1-10-5-6-14(13(16)7-10)18-9-11-3-2-4-12(8-11)15(17)19/h2-8,18H,9H2,1H3,(H2,17,19). The lowest BCUT2D eigenvalue weighted by atomic mass is 10.1. The third-order valence-corrected chi connectivity index (χ3v) is 3.48. The summed E-state index contributed by atoms with van der Waals surface area (Å²) >= 11 is 3.52. The van der Waals surface area contributed by atoms with Gasteiger partial charge in [-0.2, -0.15) is 0 Å². The van der Waals surface area contributed by atoms with E-state index < -0.39 is 5.91 Å². The van der Waals surface area contributed by atoms with Gasteiger partial charge in [-0.25, -0.2) is 0 Å². The van der Waals surface area contributed by atoms with Gasteiger partial charge in [0.15, 0.2) is 0 Å². The van der Waals surface area contributed by atoms with Gasteiger partial charge in [-0.15, -0.1) is 0 Å². The highest BCUT2D eigenvalue weighted by Crippen LogP contribution is 2.23. The van der Waals surface area contributed by atoms with Crippen LogP contribution in [0.2, 0.25) is 0 Å². The van der Waals surface area contributed by atoms with Crippen LogP contribution in [0, 0.1) is 6.92 Å². The van der Waals surface area contributed by atoms with Crippen molar-refractivity contribution >= 4 is 27.5 Å². The predicted octanol–water partition coefficient (Wildman–Crippen LogP) is 3.47. The fourth-order valence-electron chi connectivity index (χ4n) is 1.80. The summed E-state index contributed by atoms with van der Waals surface area (Å²) in [6.45, 7) is 2.69. The summed E-state index contributed by atoms with van der Waals surface area (Å²) in [4.78, 5) is 11.1. The zero-order chi connectivity index (χ0) is 13.8. The van der Waals surface area contributed by atoms with E-state index >= 15 is 0 Å². The molecule has 0 aliphatic rings. The Morgan fingerprint density at radius 1 is 1.26 bits per heavy atom. The molecule has 3 nitrogen and oxygen atoms in total. The Kier molecular flexibility index (Phi) is 4.22. The Bertz CT molecular complexity index is 611. The van der Waals surface area contributed by atoms with Gasteiger partial charge in [0.2, 0.25) is 5.91 Å². The van der Waals surface area contributed by atoms with Gasteiger partial charge in [0, 0.05) is 22.3 Å². The van der Waals surface area contributed by atoms with Gasteiger partial charge in [-0.1, -0.05) is 18.2 Å². The molecule has 98 valence electrons. The molecule has 0 fully saturated rings. The van der Waals surface area contributed by atoms with Crippen molar-refractivity contribution in [2.45, 2.75) is 13.5 Å². The molecule has 0 saturated carbocycles. The van der Waals surface area contributed by atoms with E-state index in [0.29, 0.717) is 12.1 Å². The number of aryl methyl sites for hydroxylation is 1. The van der Waals surface area contributed by atoms with E-state index in [1.165, 1.54) is 5.56 Å². The van der Waals surface area contributed by atoms with Gasteiger partial charge in [0.05, 0.1) is 0 Å². The predicted molar refractivity (Wildman–Crippen MR) is 81.2 cm³/mol. The van der Waals surface area contributed by atoms with Crippen molar-refractivity contribution in [1.82, 2.24) is 0 Å². The van der Waals surface area contributed by atoms with Crippen LogP contribution in [0.15, 0.2) is 46.9 Å². The molecule has 0 atom stereocenters. The molecule has 0 saturated heterocycles. The first-order valence-corrected chi connectivity index (χ1v) is 6.74. The van der Waals surface area contributed by atoms with Crippen LogP contribution in [0.4, 0.5) is 5.69 Å².